The van der Waals surface area contributed by atoms with Crippen molar-refractivity contribution in [2.75, 3.05) is 18.8 Å². The van der Waals surface area contributed by atoms with E-state index in [1.807, 2.05) is 24.3 Å². The van der Waals surface area contributed by atoms with Crippen LogP contribution in [-0.4, -0.2) is 60.1 Å². The Morgan fingerprint density at radius 2 is 2.14 bits per heavy atom. The highest BCUT2D eigenvalue weighted by Gasteiger charge is 2.32. The highest BCUT2D eigenvalue weighted by atomic mass is 16.3. The van der Waals surface area contributed by atoms with Crippen molar-refractivity contribution in [1.29, 1.82) is 0 Å². The van der Waals surface area contributed by atoms with E-state index < -0.39 is 12.1 Å². The summed E-state index contributed by atoms with van der Waals surface area (Å²) in [5.41, 5.74) is 9.47. The van der Waals surface area contributed by atoms with Gasteiger partial charge in [-0.3, -0.25) is 14.6 Å². The molecule has 1 aromatic carbocycles. The number of β-amino-alcohol motifs (C(OH)–C–C–N with tert-alkyl or cyclic N) is 1. The topological polar surface area (TPSA) is 126 Å². The first-order valence-corrected chi connectivity index (χ1v) is 9.06. The average molecular weight is 377 g/mol. The van der Waals surface area contributed by atoms with Gasteiger partial charge in [-0.15, -0.1) is 0 Å². The number of aromatic amines is 1. The number of nitrogens with zero attached hydrogens (tertiary/aromatic N) is 5. The third-order valence-corrected chi connectivity index (χ3v) is 5.24. The molecule has 0 aliphatic carbocycles. The number of hydrogen-bond donors (Lipinski definition) is 3. The van der Waals surface area contributed by atoms with Gasteiger partial charge in [0.25, 0.3) is 0 Å². The molecule has 0 radical (unpaired) electrons. The number of amides is 1. The van der Waals surface area contributed by atoms with Crippen molar-refractivity contribution >= 4 is 33.5 Å². The first-order chi connectivity index (χ1) is 13.5. The molecule has 0 bridgehead atoms. The molecule has 142 valence electrons. The molecule has 1 fully saturated rings. The molecule has 5 rings (SSSR count). The minimum absolute atomic E-state index is 0.0736. The summed E-state index contributed by atoms with van der Waals surface area (Å²) in [6.07, 6.45) is 3.03. The lowest BCUT2D eigenvalue weighted by Gasteiger charge is -2.37. The lowest BCUT2D eigenvalue weighted by Crippen LogP contribution is -2.55. The van der Waals surface area contributed by atoms with Gasteiger partial charge in [-0.1, -0.05) is 6.07 Å². The van der Waals surface area contributed by atoms with E-state index in [4.69, 9.17) is 5.73 Å². The van der Waals surface area contributed by atoms with E-state index >= 15 is 0 Å². The van der Waals surface area contributed by atoms with Gasteiger partial charge in [0.1, 0.15) is 17.4 Å². The Balaban J connectivity index is 1.57. The van der Waals surface area contributed by atoms with E-state index in [1.165, 1.54) is 0 Å². The van der Waals surface area contributed by atoms with Crippen LogP contribution in [0.25, 0.3) is 33.1 Å². The number of aliphatic hydroxyl groups is 1. The van der Waals surface area contributed by atoms with E-state index in [0.29, 0.717) is 29.8 Å². The summed E-state index contributed by atoms with van der Waals surface area (Å²) < 4.78 is 1.62. The van der Waals surface area contributed by atoms with Gasteiger partial charge in [0.2, 0.25) is 5.91 Å². The van der Waals surface area contributed by atoms with Gasteiger partial charge in [-0.2, -0.15) is 10.2 Å². The number of aliphatic hydroxyl groups excluding tert-OH is 1. The number of hydrogen-bond acceptors (Lipinski definition) is 6. The third kappa shape index (κ3) is 2.51. The fourth-order valence-corrected chi connectivity index (χ4v) is 3.59. The lowest BCUT2D eigenvalue weighted by atomic mass is 10.1. The molecule has 4 heterocycles. The summed E-state index contributed by atoms with van der Waals surface area (Å²) >= 11 is 0. The van der Waals surface area contributed by atoms with Crippen molar-refractivity contribution in [3.05, 3.63) is 36.7 Å². The average Bonchev–Trinajstić information content (AvgIpc) is 3.34. The number of H-pyrrole nitrogens is 1. The molecule has 4 aromatic rings. The number of nitrogens with two attached hydrogens (primary N) is 1. The lowest BCUT2D eigenvalue weighted by molar-refractivity contribution is -0.144. The predicted molar refractivity (Wildman–Crippen MR) is 104 cm³/mol. The van der Waals surface area contributed by atoms with Crippen LogP contribution >= 0.6 is 0 Å². The van der Waals surface area contributed by atoms with Crippen LogP contribution in [0.4, 0.5) is 5.82 Å². The Bertz CT molecular complexity index is 1190. The van der Waals surface area contributed by atoms with Gasteiger partial charge in [-0.05, 0) is 25.1 Å². The molecule has 1 saturated heterocycles. The highest BCUT2D eigenvalue weighted by molar-refractivity contribution is 6.08. The molecule has 9 nitrogen and oxygen atoms in total. The molecular weight excluding hydrogens is 358 g/mol. The molecule has 9 heteroatoms. The third-order valence-electron chi connectivity index (χ3n) is 5.24. The number of fused-ring (bicyclic) bond motifs is 3. The van der Waals surface area contributed by atoms with Crippen molar-refractivity contribution in [3.8, 4) is 11.3 Å². The van der Waals surface area contributed by atoms with Gasteiger partial charge in [0, 0.05) is 36.4 Å². The smallest absolute Gasteiger partial charge is 0.247 e. The van der Waals surface area contributed by atoms with Crippen molar-refractivity contribution in [1.82, 2.24) is 29.9 Å². The first-order valence-electron chi connectivity index (χ1n) is 9.06. The zero-order valence-corrected chi connectivity index (χ0v) is 15.2. The van der Waals surface area contributed by atoms with Crippen molar-refractivity contribution in [2.24, 2.45) is 0 Å². The largest absolute Gasteiger partial charge is 0.389 e. The number of nitrogens with one attached hydrogen (secondary N) is 1. The number of carbonyl (C=O) groups excluding carboxylic acids is 1. The molecule has 28 heavy (non-hydrogen) atoms. The summed E-state index contributed by atoms with van der Waals surface area (Å²) in [5.74, 6) is 0.296. The molecule has 0 saturated carbocycles. The Hall–Kier alpha value is -3.46. The van der Waals surface area contributed by atoms with E-state index in [1.54, 1.807) is 28.9 Å². The Kier molecular flexibility index (Phi) is 3.59. The van der Waals surface area contributed by atoms with Gasteiger partial charge in [0.05, 0.1) is 22.7 Å². The highest BCUT2D eigenvalue weighted by Crippen LogP contribution is 2.30. The summed E-state index contributed by atoms with van der Waals surface area (Å²) in [6, 6.07) is 7.27. The number of nitrogen functional groups attached to an aromatic ring is 1. The second-order valence-electron chi connectivity index (χ2n) is 7.14. The summed E-state index contributed by atoms with van der Waals surface area (Å²) in [6.45, 7) is 2.53. The van der Waals surface area contributed by atoms with Gasteiger partial charge >= 0.3 is 0 Å². The Morgan fingerprint density at radius 1 is 1.32 bits per heavy atom. The summed E-state index contributed by atoms with van der Waals surface area (Å²) in [4.78, 5) is 18.7. The maximum absolute atomic E-state index is 12.6. The van der Waals surface area contributed by atoms with Crippen LogP contribution in [0.2, 0.25) is 0 Å². The van der Waals surface area contributed by atoms with Crippen LogP contribution in [0.5, 0.6) is 0 Å². The molecule has 1 aliphatic rings. The molecule has 1 atom stereocenters. The Morgan fingerprint density at radius 3 is 2.86 bits per heavy atom. The second kappa shape index (κ2) is 6.03. The van der Waals surface area contributed by atoms with Gasteiger partial charge in [0.15, 0.2) is 0 Å². The first kappa shape index (κ1) is 16.7. The van der Waals surface area contributed by atoms with Crippen molar-refractivity contribution in [2.45, 2.75) is 19.1 Å². The van der Waals surface area contributed by atoms with Crippen LogP contribution in [0.1, 0.15) is 13.0 Å². The number of anilines is 1. The summed E-state index contributed by atoms with van der Waals surface area (Å²) in [7, 11) is 0. The van der Waals surface area contributed by atoms with Crippen LogP contribution in [0, 0.1) is 0 Å². The normalized spacial score (nSPS) is 15.9. The van der Waals surface area contributed by atoms with Crippen molar-refractivity contribution < 1.29 is 9.90 Å². The van der Waals surface area contributed by atoms with Gasteiger partial charge < -0.3 is 15.7 Å². The fourth-order valence-electron chi connectivity index (χ4n) is 3.59. The van der Waals surface area contributed by atoms with Crippen molar-refractivity contribution in [3.63, 3.8) is 0 Å². The molecule has 1 aliphatic heterocycles. The molecular formula is C19H19N7O2. The standard InChI is InChI=1S/C19H19N7O2/c1-10(19(28)25-7-12(27)8-25)26-9-14-17(24-26)13-3-2-11(15-4-5-21-23-15)6-16(13)22-18(14)20/h2-6,9-10,12,27H,7-8H2,1H3,(H2,20,22)(H,21,23). The fraction of sp³-hybridized carbons (Fsp3) is 0.263. The maximum atomic E-state index is 12.6. The number of carbonyl (C=O) groups is 1. The number of likely N-dealkylation sites (tertiary alicyclic amines) is 1. The minimum atomic E-state index is -0.487. The second-order valence-corrected chi connectivity index (χ2v) is 7.14. The maximum Gasteiger partial charge on any atom is 0.247 e. The molecule has 3 aromatic heterocycles. The van der Waals surface area contributed by atoms with E-state index in [9.17, 15) is 9.90 Å². The van der Waals surface area contributed by atoms with Crippen LogP contribution in [0.15, 0.2) is 36.7 Å². The number of rotatable bonds is 3. The molecule has 4 N–H and O–H groups in total. The van der Waals surface area contributed by atoms with Crippen LogP contribution < -0.4 is 5.73 Å². The minimum Gasteiger partial charge on any atom is -0.389 e. The van der Waals surface area contributed by atoms with Crippen LogP contribution in [-0.2, 0) is 4.79 Å². The molecule has 0 spiro atoms. The van der Waals surface area contributed by atoms with Crippen LogP contribution in [0.3, 0.4) is 0 Å². The number of pyridine rings is 1. The Labute approximate surface area is 159 Å². The summed E-state index contributed by atoms with van der Waals surface area (Å²) in [5, 5.41) is 22.6. The molecule has 1 unspecified atom stereocenters. The predicted octanol–water partition coefficient (Wildman–Crippen LogP) is 1.32. The quantitative estimate of drug-likeness (QED) is 0.494. The van der Waals surface area contributed by atoms with E-state index in [0.717, 1.165) is 22.2 Å². The van der Waals surface area contributed by atoms with E-state index in [-0.39, 0.29) is 5.91 Å². The molecule has 1 amide bonds. The monoisotopic (exact) mass is 377 g/mol. The zero-order chi connectivity index (χ0) is 19.4. The zero-order valence-electron chi connectivity index (χ0n) is 15.2. The number of benzene rings is 1. The number of aromatic nitrogens is 5. The van der Waals surface area contributed by atoms with Gasteiger partial charge in [-0.25, -0.2) is 4.98 Å². The van der Waals surface area contributed by atoms with E-state index in [2.05, 4.69) is 20.3 Å². The SMILES string of the molecule is CC(C(=O)N1CC(O)C1)n1cc2c(N)nc3cc(-c4ccn[nH]4)ccc3c2n1.